The zero-order chi connectivity index (χ0) is 28.8. The minimum Gasteiger partial charge on any atom is -0.490 e. The number of amides is 1. The van der Waals surface area contributed by atoms with E-state index in [1.807, 2.05) is 35.4 Å². The van der Waals surface area contributed by atoms with E-state index in [0.29, 0.717) is 47.0 Å². The molecule has 1 aliphatic rings. The van der Waals surface area contributed by atoms with Crippen LogP contribution in [0.3, 0.4) is 0 Å². The van der Waals surface area contributed by atoms with E-state index in [4.69, 9.17) is 14.8 Å². The van der Waals surface area contributed by atoms with Gasteiger partial charge in [0.1, 0.15) is 35.4 Å². The summed E-state index contributed by atoms with van der Waals surface area (Å²) in [5, 5.41) is 21.6. The van der Waals surface area contributed by atoms with Crippen LogP contribution in [0.2, 0.25) is 0 Å². The third kappa shape index (κ3) is 4.89. The molecule has 1 atom stereocenters. The number of aryl methyl sites for hydroxylation is 1. The smallest absolute Gasteiger partial charge is 0.246 e. The van der Waals surface area contributed by atoms with Crippen LogP contribution in [0.25, 0.3) is 43.9 Å². The fourth-order valence-corrected chi connectivity index (χ4v) is 5.97. The third-order valence-electron chi connectivity index (χ3n) is 6.86. The maximum absolute atomic E-state index is 15.8. The Labute approximate surface area is 237 Å². The molecular formula is C29H26F2N6O3S. The number of carbonyl (C=O) groups excluding carboxylic acids is 1. The van der Waals surface area contributed by atoms with Gasteiger partial charge in [-0.1, -0.05) is 6.58 Å². The molecule has 12 heteroatoms. The molecule has 0 saturated carbocycles. The monoisotopic (exact) mass is 576 g/mol. The summed E-state index contributed by atoms with van der Waals surface area (Å²) in [5.74, 6) is -1.86. The van der Waals surface area contributed by atoms with Crippen molar-refractivity contribution < 1.29 is 23.4 Å². The van der Waals surface area contributed by atoms with Crippen LogP contribution in [0, 0.1) is 11.6 Å². The van der Waals surface area contributed by atoms with Crippen LogP contribution in [0.15, 0.2) is 54.7 Å². The van der Waals surface area contributed by atoms with Gasteiger partial charge in [0.05, 0.1) is 42.3 Å². The van der Waals surface area contributed by atoms with E-state index in [1.165, 1.54) is 24.3 Å². The Kier molecular flexibility index (Phi) is 6.88. The molecule has 1 N–H and O–H groups in total. The molecule has 9 nitrogen and oxygen atoms in total. The molecule has 4 aromatic heterocycles. The summed E-state index contributed by atoms with van der Waals surface area (Å²) >= 11 is 1.39. The van der Waals surface area contributed by atoms with Gasteiger partial charge in [-0.3, -0.25) is 14.2 Å². The Bertz CT molecular complexity index is 1810. The summed E-state index contributed by atoms with van der Waals surface area (Å²) in [6, 6.07) is 5.64. The van der Waals surface area contributed by atoms with Crippen molar-refractivity contribution in [3.8, 4) is 39.5 Å². The lowest BCUT2D eigenvalue weighted by atomic mass is 9.97. The lowest BCUT2D eigenvalue weighted by Crippen LogP contribution is -2.37. The van der Waals surface area contributed by atoms with Crippen molar-refractivity contribution in [2.45, 2.75) is 26.1 Å². The van der Waals surface area contributed by atoms with Crippen LogP contribution in [0.5, 0.6) is 5.75 Å². The largest absolute Gasteiger partial charge is 0.490 e. The van der Waals surface area contributed by atoms with Gasteiger partial charge in [-0.05, 0) is 30.5 Å². The first kappa shape index (κ1) is 26.8. The van der Waals surface area contributed by atoms with Crippen molar-refractivity contribution in [1.29, 1.82) is 0 Å². The van der Waals surface area contributed by atoms with Gasteiger partial charge in [0, 0.05) is 53.1 Å². The summed E-state index contributed by atoms with van der Waals surface area (Å²) in [6.07, 6.45) is 3.97. The lowest BCUT2D eigenvalue weighted by Gasteiger charge is -2.26. The van der Waals surface area contributed by atoms with Gasteiger partial charge < -0.3 is 14.7 Å². The molecule has 0 radical (unpaired) electrons. The second kappa shape index (κ2) is 10.5. The topological polar surface area (TPSA) is 98.3 Å². The van der Waals surface area contributed by atoms with Crippen LogP contribution in [0.4, 0.5) is 8.78 Å². The molecule has 1 aromatic carbocycles. The van der Waals surface area contributed by atoms with Gasteiger partial charge in [-0.25, -0.2) is 13.8 Å². The molecular weight excluding hydrogens is 550 g/mol. The summed E-state index contributed by atoms with van der Waals surface area (Å²) in [7, 11) is 1.81. The van der Waals surface area contributed by atoms with E-state index in [1.54, 1.807) is 15.8 Å². The number of halogens is 2. The van der Waals surface area contributed by atoms with Crippen molar-refractivity contribution in [2.24, 2.45) is 7.05 Å². The number of hydrogen-bond donors (Lipinski definition) is 1. The van der Waals surface area contributed by atoms with Crippen molar-refractivity contribution in [1.82, 2.24) is 29.4 Å². The second-order valence-electron chi connectivity index (χ2n) is 9.88. The van der Waals surface area contributed by atoms with Gasteiger partial charge in [0.2, 0.25) is 5.91 Å². The quantitative estimate of drug-likeness (QED) is 0.280. The van der Waals surface area contributed by atoms with Crippen LogP contribution >= 0.6 is 11.3 Å². The minimum absolute atomic E-state index is 0.0224. The van der Waals surface area contributed by atoms with E-state index in [2.05, 4.69) is 11.7 Å². The number of pyridine rings is 1. The molecule has 5 heterocycles. The number of nitrogens with zero attached hydrogens (tertiary/aromatic N) is 6. The SMILES string of the molecule is C=CC(=O)N1CCn2nc(-c3nc(-c4cnn(C)c4)c4ccsc4c3-c3c(F)cc(F)cc3OCC(C)O)cc2C1. The van der Waals surface area contributed by atoms with Crippen LogP contribution in [-0.4, -0.2) is 59.7 Å². The molecule has 0 saturated heterocycles. The Morgan fingerprint density at radius 1 is 1.24 bits per heavy atom. The molecule has 0 spiro atoms. The third-order valence-corrected chi connectivity index (χ3v) is 7.79. The Morgan fingerprint density at radius 3 is 2.80 bits per heavy atom. The number of aliphatic hydroxyl groups is 1. The molecule has 0 bridgehead atoms. The standard InChI is InChI=1S/C29H26F2N6O3S/c1-4-24(39)36-6-7-37-19(14-36)11-22(34-37)28-26(25-21(31)9-18(30)10-23(25)40-15-16(2)38)29-20(5-8-41-29)27(33-28)17-12-32-35(3)13-17/h4-5,8-13,16,38H,1,6-7,14-15H2,2-3H3. The highest BCUT2D eigenvalue weighted by molar-refractivity contribution is 7.18. The van der Waals surface area contributed by atoms with E-state index in [9.17, 15) is 14.3 Å². The number of rotatable bonds is 7. The molecule has 0 aliphatic carbocycles. The number of hydrogen-bond acceptors (Lipinski definition) is 7. The van der Waals surface area contributed by atoms with Crippen molar-refractivity contribution in [2.75, 3.05) is 13.2 Å². The van der Waals surface area contributed by atoms with Gasteiger partial charge in [0.15, 0.2) is 0 Å². The van der Waals surface area contributed by atoms with Gasteiger partial charge in [-0.15, -0.1) is 11.3 Å². The minimum atomic E-state index is -0.859. The molecule has 6 rings (SSSR count). The molecule has 1 amide bonds. The fraction of sp³-hybridized carbons (Fsp3) is 0.241. The predicted octanol–water partition coefficient (Wildman–Crippen LogP) is 4.79. The van der Waals surface area contributed by atoms with Crippen molar-refractivity contribution in [3.05, 3.63) is 72.0 Å². The molecule has 1 unspecified atom stereocenters. The lowest BCUT2D eigenvalue weighted by molar-refractivity contribution is -0.127. The maximum atomic E-state index is 15.8. The van der Waals surface area contributed by atoms with Gasteiger partial charge >= 0.3 is 0 Å². The highest BCUT2D eigenvalue weighted by atomic mass is 32.1. The molecule has 5 aromatic rings. The molecule has 0 fully saturated rings. The first-order valence-corrected chi connectivity index (χ1v) is 13.8. The van der Waals surface area contributed by atoms with Crippen LogP contribution in [-0.2, 0) is 24.9 Å². The predicted molar refractivity (Wildman–Crippen MR) is 151 cm³/mol. The second-order valence-corrected chi connectivity index (χ2v) is 10.8. The van der Waals surface area contributed by atoms with E-state index < -0.39 is 17.7 Å². The number of aliphatic hydroxyl groups excluding tert-OH is 1. The highest BCUT2D eigenvalue weighted by Crippen LogP contribution is 2.47. The molecule has 210 valence electrons. The average Bonchev–Trinajstić information content (AvgIpc) is 3.70. The van der Waals surface area contributed by atoms with Crippen LogP contribution < -0.4 is 4.74 Å². The number of thiophene rings is 1. The van der Waals surface area contributed by atoms with Gasteiger partial charge in [-0.2, -0.15) is 10.2 Å². The van der Waals surface area contributed by atoms with Crippen molar-refractivity contribution >= 4 is 27.3 Å². The summed E-state index contributed by atoms with van der Waals surface area (Å²) in [5.41, 5.74) is 3.44. The Hall–Kier alpha value is -4.42. The Morgan fingerprint density at radius 2 is 2.07 bits per heavy atom. The van der Waals surface area contributed by atoms with E-state index >= 15 is 4.39 Å². The van der Waals surface area contributed by atoms with E-state index in [-0.39, 0.29) is 23.8 Å². The van der Waals surface area contributed by atoms with Gasteiger partial charge in [0.25, 0.3) is 0 Å². The maximum Gasteiger partial charge on any atom is 0.246 e. The number of aromatic nitrogens is 5. The van der Waals surface area contributed by atoms with Crippen LogP contribution in [0.1, 0.15) is 12.6 Å². The number of carbonyl (C=O) groups is 1. The average molecular weight is 577 g/mol. The summed E-state index contributed by atoms with van der Waals surface area (Å²) in [6.45, 7) is 6.21. The highest BCUT2D eigenvalue weighted by Gasteiger charge is 2.28. The zero-order valence-corrected chi connectivity index (χ0v) is 23.2. The first-order valence-electron chi connectivity index (χ1n) is 12.9. The Balaban J connectivity index is 1.62. The number of ether oxygens (including phenoxy) is 1. The normalized spacial score (nSPS) is 13.8. The first-order chi connectivity index (χ1) is 19.7. The zero-order valence-electron chi connectivity index (χ0n) is 22.3. The molecule has 41 heavy (non-hydrogen) atoms. The summed E-state index contributed by atoms with van der Waals surface area (Å²) < 4.78 is 40.1. The number of benzene rings is 1. The fourth-order valence-electron chi connectivity index (χ4n) is 5.02. The number of fused-ring (bicyclic) bond motifs is 2. The molecule has 1 aliphatic heterocycles. The summed E-state index contributed by atoms with van der Waals surface area (Å²) in [4.78, 5) is 19.0. The van der Waals surface area contributed by atoms with E-state index in [0.717, 1.165) is 28.8 Å². The van der Waals surface area contributed by atoms with Crippen molar-refractivity contribution in [3.63, 3.8) is 0 Å².